The smallest absolute Gasteiger partial charge is 0.113 e. The van der Waals surface area contributed by atoms with Crippen LogP contribution < -0.4 is 5.32 Å². The summed E-state index contributed by atoms with van der Waals surface area (Å²) < 4.78 is 10.8. The van der Waals surface area contributed by atoms with Gasteiger partial charge in [0.1, 0.15) is 12.4 Å². The van der Waals surface area contributed by atoms with Crippen molar-refractivity contribution in [2.75, 3.05) is 7.05 Å². The molecule has 0 spiro atoms. The molecule has 160 valence electrons. The van der Waals surface area contributed by atoms with Crippen molar-refractivity contribution in [3.8, 4) is 6.07 Å². The molecular weight excluding hydrogens is 372 g/mol. The van der Waals surface area contributed by atoms with Crippen LogP contribution >= 0.6 is 0 Å². The first kappa shape index (κ1) is 25.0. The van der Waals surface area contributed by atoms with Crippen LogP contribution in [-0.2, 0) is 22.5 Å². The van der Waals surface area contributed by atoms with Crippen LogP contribution in [0.25, 0.3) is 0 Å². The monoisotopic (exact) mass is 406 g/mol. The average Bonchev–Trinajstić information content (AvgIpc) is 2.73. The Hall–Kier alpha value is -3.03. The maximum absolute atomic E-state index is 8.80. The Morgan fingerprint density at radius 2 is 1.73 bits per heavy atom. The lowest BCUT2D eigenvalue weighted by Gasteiger charge is -2.19. The van der Waals surface area contributed by atoms with E-state index in [0.29, 0.717) is 12.2 Å². The molecule has 0 saturated heterocycles. The summed E-state index contributed by atoms with van der Waals surface area (Å²) in [6.45, 7) is 13.9. The van der Waals surface area contributed by atoms with Crippen LogP contribution in [0.2, 0.25) is 0 Å². The molecule has 4 nitrogen and oxygen atoms in total. The van der Waals surface area contributed by atoms with Crippen LogP contribution in [0.4, 0.5) is 0 Å². The molecule has 2 aromatic rings. The quantitative estimate of drug-likeness (QED) is 0.538. The first-order chi connectivity index (χ1) is 14.3. The van der Waals surface area contributed by atoms with Crippen LogP contribution in [0.3, 0.4) is 0 Å². The highest BCUT2D eigenvalue weighted by Gasteiger charge is 2.12. The number of rotatable bonds is 9. The molecule has 0 saturated carbocycles. The first-order valence-electron chi connectivity index (χ1n) is 10.1. The molecule has 1 unspecified atom stereocenters. The van der Waals surface area contributed by atoms with Crippen molar-refractivity contribution in [3.05, 3.63) is 96.5 Å². The molecule has 0 aliphatic rings. The largest absolute Gasteiger partial charge is 0.496 e. The topological polar surface area (TPSA) is 54.3 Å². The van der Waals surface area contributed by atoms with Gasteiger partial charge in [0, 0.05) is 0 Å². The number of nitrogens with one attached hydrogen (secondary N) is 1. The number of nitriles is 1. The second kappa shape index (κ2) is 13.2. The Morgan fingerprint density at radius 1 is 1.10 bits per heavy atom. The van der Waals surface area contributed by atoms with Gasteiger partial charge in [-0.25, -0.2) is 0 Å². The van der Waals surface area contributed by atoms with Crippen molar-refractivity contribution in [1.29, 1.82) is 5.26 Å². The molecule has 0 aliphatic heterocycles. The maximum Gasteiger partial charge on any atom is 0.113 e. The van der Waals surface area contributed by atoms with Crippen molar-refractivity contribution in [1.82, 2.24) is 5.32 Å². The van der Waals surface area contributed by atoms with Crippen LogP contribution in [0.5, 0.6) is 0 Å². The minimum Gasteiger partial charge on any atom is -0.496 e. The number of nitrogens with zero attached hydrogens (tertiary/aromatic N) is 1. The van der Waals surface area contributed by atoms with Gasteiger partial charge in [-0.05, 0) is 63.9 Å². The summed E-state index contributed by atoms with van der Waals surface area (Å²) >= 11 is 0. The zero-order chi connectivity index (χ0) is 22.4. The molecule has 0 aromatic heterocycles. The number of aryl methyl sites for hydroxylation is 1. The molecule has 4 heteroatoms. The van der Waals surface area contributed by atoms with Gasteiger partial charge >= 0.3 is 0 Å². The average molecular weight is 407 g/mol. The van der Waals surface area contributed by atoms with E-state index in [1.54, 1.807) is 12.1 Å². The van der Waals surface area contributed by atoms with Gasteiger partial charge in [-0.2, -0.15) is 5.26 Å². The fraction of sp³-hybridized carbons (Fsp3) is 0.346. The fourth-order valence-corrected chi connectivity index (χ4v) is 2.62. The Labute approximate surface area is 181 Å². The fourth-order valence-electron chi connectivity index (χ4n) is 2.62. The maximum atomic E-state index is 8.80. The lowest BCUT2D eigenvalue weighted by molar-refractivity contribution is 0.0775. The summed E-state index contributed by atoms with van der Waals surface area (Å²) in [7, 11) is 1.92. The summed E-state index contributed by atoms with van der Waals surface area (Å²) in [5.41, 5.74) is 2.93. The Kier molecular flexibility index (Phi) is 11.0. The molecule has 1 N–H and O–H groups in total. The third-order valence-electron chi connectivity index (χ3n) is 4.25. The molecule has 0 bridgehead atoms. The standard InChI is InChI=1S/C20H22N2O.C6H12O/c1-16(23-15-19-10-8-18(14-21)9-11-19)20(22-2)13-12-17-6-4-3-5-7-17;1-5-7-6(2,3)4/h3-11,20,22H,1,12-13,15H2,2H3;5H,1H2,2-4H3. The molecular formula is C26H34N2O2. The van der Waals surface area contributed by atoms with Crippen molar-refractivity contribution in [2.45, 2.75) is 51.9 Å². The van der Waals surface area contributed by atoms with Crippen LogP contribution in [0, 0.1) is 11.3 Å². The van der Waals surface area contributed by atoms with Gasteiger partial charge < -0.3 is 14.8 Å². The Balaban J connectivity index is 0.000000553. The molecule has 0 heterocycles. The highest BCUT2D eigenvalue weighted by atomic mass is 16.5. The van der Waals surface area contributed by atoms with Gasteiger partial charge in [0.25, 0.3) is 0 Å². The number of hydrogen-bond donors (Lipinski definition) is 1. The molecule has 2 rings (SSSR count). The van der Waals surface area contributed by atoms with Crippen molar-refractivity contribution >= 4 is 0 Å². The highest BCUT2D eigenvalue weighted by Crippen LogP contribution is 2.14. The number of hydrogen-bond acceptors (Lipinski definition) is 4. The van der Waals surface area contributed by atoms with E-state index in [4.69, 9.17) is 14.7 Å². The van der Waals surface area contributed by atoms with E-state index in [0.717, 1.165) is 24.2 Å². The van der Waals surface area contributed by atoms with E-state index in [1.165, 1.54) is 11.8 Å². The molecule has 0 radical (unpaired) electrons. The Bertz CT molecular complexity index is 800. The van der Waals surface area contributed by atoms with Gasteiger partial charge in [0.05, 0.1) is 29.5 Å². The van der Waals surface area contributed by atoms with Gasteiger partial charge in [-0.3, -0.25) is 0 Å². The van der Waals surface area contributed by atoms with Crippen LogP contribution in [0.15, 0.2) is 79.8 Å². The SMILES string of the molecule is C=C(OCc1ccc(C#N)cc1)C(CCc1ccccc1)NC.C=COC(C)(C)C. The zero-order valence-corrected chi connectivity index (χ0v) is 18.7. The van der Waals surface area contributed by atoms with E-state index in [1.807, 2.05) is 46.0 Å². The molecule has 1 atom stereocenters. The second-order valence-corrected chi connectivity index (χ2v) is 7.83. The first-order valence-corrected chi connectivity index (χ1v) is 10.1. The molecule has 0 amide bonds. The summed E-state index contributed by atoms with van der Waals surface area (Å²) in [5, 5.41) is 12.1. The summed E-state index contributed by atoms with van der Waals surface area (Å²) in [4.78, 5) is 0. The van der Waals surface area contributed by atoms with E-state index in [-0.39, 0.29) is 11.6 Å². The van der Waals surface area contributed by atoms with Gasteiger partial charge in [0.2, 0.25) is 0 Å². The van der Waals surface area contributed by atoms with Gasteiger partial charge in [-0.1, -0.05) is 55.6 Å². The Morgan fingerprint density at radius 3 is 2.20 bits per heavy atom. The third-order valence-corrected chi connectivity index (χ3v) is 4.25. The predicted octanol–water partition coefficient (Wildman–Crippen LogP) is 5.75. The highest BCUT2D eigenvalue weighted by molar-refractivity contribution is 5.31. The minimum atomic E-state index is -0.0677. The summed E-state index contributed by atoms with van der Waals surface area (Å²) in [6, 6.07) is 20.0. The zero-order valence-electron chi connectivity index (χ0n) is 18.7. The van der Waals surface area contributed by atoms with E-state index in [2.05, 4.69) is 48.8 Å². The van der Waals surface area contributed by atoms with Crippen molar-refractivity contribution in [2.24, 2.45) is 0 Å². The van der Waals surface area contributed by atoms with E-state index in [9.17, 15) is 0 Å². The summed E-state index contributed by atoms with van der Waals surface area (Å²) in [6.07, 6.45) is 3.37. The predicted molar refractivity (Wildman–Crippen MR) is 124 cm³/mol. The minimum absolute atomic E-state index is 0.0677. The van der Waals surface area contributed by atoms with Crippen molar-refractivity contribution < 1.29 is 9.47 Å². The van der Waals surface area contributed by atoms with Crippen molar-refractivity contribution in [3.63, 3.8) is 0 Å². The van der Waals surface area contributed by atoms with Crippen LogP contribution in [-0.4, -0.2) is 18.7 Å². The van der Waals surface area contributed by atoms with Gasteiger partial charge in [0.15, 0.2) is 0 Å². The van der Waals surface area contributed by atoms with E-state index < -0.39 is 0 Å². The molecule has 0 fully saturated rings. The van der Waals surface area contributed by atoms with E-state index >= 15 is 0 Å². The van der Waals surface area contributed by atoms with Crippen LogP contribution in [0.1, 0.15) is 43.9 Å². The second-order valence-electron chi connectivity index (χ2n) is 7.83. The number of likely N-dealkylation sites (N-methyl/N-ethyl adjacent to an activating group) is 1. The third kappa shape index (κ3) is 10.5. The normalized spacial score (nSPS) is 11.3. The number of ether oxygens (including phenoxy) is 2. The van der Waals surface area contributed by atoms with Gasteiger partial charge in [-0.15, -0.1) is 0 Å². The lowest BCUT2D eigenvalue weighted by Crippen LogP contribution is -2.28. The molecule has 30 heavy (non-hydrogen) atoms. The molecule has 2 aromatic carbocycles. The molecule has 0 aliphatic carbocycles. The number of benzene rings is 2. The lowest BCUT2D eigenvalue weighted by atomic mass is 10.0. The summed E-state index contributed by atoms with van der Waals surface area (Å²) in [5.74, 6) is 0.743.